The SMILES string of the molecule is FC(F)(F)ONNCCc1ccccc1. The van der Waals surface area contributed by atoms with Crippen LogP contribution in [0.2, 0.25) is 0 Å². The predicted molar refractivity (Wildman–Crippen MR) is 48.4 cm³/mol. The summed E-state index contributed by atoms with van der Waals surface area (Å²) in [6, 6.07) is 9.41. The van der Waals surface area contributed by atoms with Gasteiger partial charge in [-0.2, -0.15) is 4.84 Å². The molecule has 1 aromatic rings. The van der Waals surface area contributed by atoms with Crippen LogP contribution in [-0.4, -0.2) is 12.9 Å². The van der Waals surface area contributed by atoms with Crippen LogP contribution < -0.4 is 11.0 Å². The molecule has 3 nitrogen and oxygen atoms in total. The summed E-state index contributed by atoms with van der Waals surface area (Å²) in [6.45, 7) is 0.347. The van der Waals surface area contributed by atoms with Crippen molar-refractivity contribution in [2.75, 3.05) is 6.54 Å². The van der Waals surface area contributed by atoms with E-state index in [1.165, 1.54) is 0 Å². The standard InChI is InChI=1S/C9H11F3N2O/c10-9(11,12)15-14-13-7-6-8-4-2-1-3-5-8/h1-5,13-14H,6-7H2. The molecule has 2 N–H and O–H groups in total. The van der Waals surface area contributed by atoms with Gasteiger partial charge in [0.1, 0.15) is 0 Å². The Morgan fingerprint density at radius 1 is 1.13 bits per heavy atom. The van der Waals surface area contributed by atoms with E-state index in [9.17, 15) is 13.2 Å². The Hall–Kier alpha value is -1.11. The topological polar surface area (TPSA) is 33.3 Å². The van der Waals surface area contributed by atoms with Crippen LogP contribution in [0.5, 0.6) is 0 Å². The van der Waals surface area contributed by atoms with E-state index in [0.29, 0.717) is 13.0 Å². The van der Waals surface area contributed by atoms with E-state index in [1.54, 1.807) is 5.59 Å². The summed E-state index contributed by atoms with van der Waals surface area (Å²) >= 11 is 0. The van der Waals surface area contributed by atoms with E-state index in [1.807, 2.05) is 30.3 Å². The van der Waals surface area contributed by atoms with Crippen molar-refractivity contribution in [3.8, 4) is 0 Å². The van der Waals surface area contributed by atoms with Crippen molar-refractivity contribution in [1.82, 2.24) is 11.0 Å². The lowest BCUT2D eigenvalue weighted by atomic mass is 10.2. The van der Waals surface area contributed by atoms with Crippen LogP contribution in [0.4, 0.5) is 13.2 Å². The molecule has 0 aliphatic heterocycles. The van der Waals surface area contributed by atoms with Gasteiger partial charge < -0.3 is 0 Å². The molecule has 15 heavy (non-hydrogen) atoms. The van der Waals surface area contributed by atoms with Gasteiger partial charge in [0.25, 0.3) is 0 Å². The molecule has 0 aliphatic carbocycles. The molecule has 0 fully saturated rings. The zero-order valence-electron chi connectivity index (χ0n) is 7.84. The smallest absolute Gasteiger partial charge is 0.234 e. The Morgan fingerprint density at radius 3 is 2.40 bits per heavy atom. The zero-order valence-corrected chi connectivity index (χ0v) is 7.84. The summed E-state index contributed by atoms with van der Waals surface area (Å²) in [5, 5.41) is 0. The minimum absolute atomic E-state index is 0.347. The molecular weight excluding hydrogens is 209 g/mol. The molecule has 0 amide bonds. The molecule has 0 saturated heterocycles. The summed E-state index contributed by atoms with van der Waals surface area (Å²) in [5.74, 6) is 0. The average molecular weight is 220 g/mol. The monoisotopic (exact) mass is 220 g/mol. The Bertz CT molecular complexity index is 276. The van der Waals surface area contributed by atoms with Crippen molar-refractivity contribution in [1.29, 1.82) is 0 Å². The fourth-order valence-electron chi connectivity index (χ4n) is 0.996. The van der Waals surface area contributed by atoms with E-state index in [-0.39, 0.29) is 0 Å². The molecule has 0 bridgehead atoms. The lowest BCUT2D eigenvalue weighted by Crippen LogP contribution is -2.38. The van der Waals surface area contributed by atoms with Crippen LogP contribution in [-0.2, 0) is 11.3 Å². The molecule has 6 heteroatoms. The van der Waals surface area contributed by atoms with E-state index in [2.05, 4.69) is 10.3 Å². The van der Waals surface area contributed by atoms with Gasteiger partial charge in [-0.15, -0.1) is 18.8 Å². The lowest BCUT2D eigenvalue weighted by Gasteiger charge is -2.08. The molecule has 0 spiro atoms. The second kappa shape index (κ2) is 5.69. The third-order valence-electron chi connectivity index (χ3n) is 1.62. The summed E-state index contributed by atoms with van der Waals surface area (Å²) in [7, 11) is 0. The molecule has 1 aromatic carbocycles. The summed E-state index contributed by atoms with van der Waals surface area (Å²) in [6.07, 6.45) is -4.05. The van der Waals surface area contributed by atoms with E-state index >= 15 is 0 Å². The van der Waals surface area contributed by atoms with Gasteiger partial charge in [-0.3, -0.25) is 0 Å². The second-order valence-corrected chi connectivity index (χ2v) is 2.81. The Morgan fingerprint density at radius 2 is 1.80 bits per heavy atom. The molecule has 0 aromatic heterocycles. The van der Waals surface area contributed by atoms with Crippen LogP contribution in [0.1, 0.15) is 5.56 Å². The first kappa shape index (κ1) is 12.0. The second-order valence-electron chi connectivity index (χ2n) is 2.81. The molecule has 0 atom stereocenters. The van der Waals surface area contributed by atoms with Gasteiger partial charge in [-0.05, 0) is 12.0 Å². The number of benzene rings is 1. The molecule has 0 aliphatic rings. The largest absolute Gasteiger partial charge is 0.540 e. The predicted octanol–water partition coefficient (Wildman–Crippen LogP) is 1.77. The number of rotatable bonds is 5. The van der Waals surface area contributed by atoms with Crippen molar-refractivity contribution >= 4 is 0 Å². The fraction of sp³-hybridized carbons (Fsp3) is 0.333. The van der Waals surface area contributed by atoms with Gasteiger partial charge in [-0.25, -0.2) is 5.43 Å². The summed E-state index contributed by atoms with van der Waals surface area (Å²) in [4.78, 5) is 3.31. The van der Waals surface area contributed by atoms with Crippen molar-refractivity contribution in [2.24, 2.45) is 0 Å². The molecule has 0 radical (unpaired) electrons. The van der Waals surface area contributed by atoms with Gasteiger partial charge in [0, 0.05) is 6.54 Å². The van der Waals surface area contributed by atoms with Gasteiger partial charge in [0.05, 0.1) is 0 Å². The van der Waals surface area contributed by atoms with Crippen LogP contribution in [0.15, 0.2) is 30.3 Å². The van der Waals surface area contributed by atoms with Crippen LogP contribution in [0.25, 0.3) is 0 Å². The molecular formula is C9H11F3N2O. The van der Waals surface area contributed by atoms with E-state index < -0.39 is 6.36 Å². The number of nitrogens with one attached hydrogen (secondary N) is 2. The zero-order chi connectivity index (χ0) is 11.1. The van der Waals surface area contributed by atoms with Gasteiger partial charge in [0.15, 0.2) is 0 Å². The Labute approximate surface area is 85.2 Å². The normalized spacial score (nSPS) is 11.7. The first-order chi connectivity index (χ1) is 7.08. The summed E-state index contributed by atoms with van der Waals surface area (Å²) < 4.78 is 34.4. The quantitative estimate of drug-likeness (QED) is 0.586. The number of halogens is 3. The Balaban J connectivity index is 2.08. The molecule has 0 heterocycles. The number of hydrogen-bond acceptors (Lipinski definition) is 3. The first-order valence-corrected chi connectivity index (χ1v) is 4.34. The van der Waals surface area contributed by atoms with Crippen LogP contribution >= 0.6 is 0 Å². The Kier molecular flexibility index (Phi) is 4.54. The number of hydrogen-bond donors (Lipinski definition) is 2. The highest BCUT2D eigenvalue weighted by molar-refractivity contribution is 5.14. The minimum atomic E-state index is -4.67. The van der Waals surface area contributed by atoms with Gasteiger partial charge >= 0.3 is 6.36 Å². The van der Waals surface area contributed by atoms with E-state index in [4.69, 9.17) is 0 Å². The minimum Gasteiger partial charge on any atom is -0.234 e. The van der Waals surface area contributed by atoms with Crippen molar-refractivity contribution in [2.45, 2.75) is 12.8 Å². The number of hydrazine groups is 1. The van der Waals surface area contributed by atoms with E-state index in [0.717, 1.165) is 5.56 Å². The maximum atomic E-state index is 11.5. The molecule has 1 rings (SSSR count). The van der Waals surface area contributed by atoms with Crippen LogP contribution in [0, 0.1) is 0 Å². The maximum absolute atomic E-state index is 11.5. The summed E-state index contributed by atoms with van der Waals surface area (Å²) in [5.41, 5.74) is 4.96. The molecule has 0 unspecified atom stereocenters. The van der Waals surface area contributed by atoms with Gasteiger partial charge in [-0.1, -0.05) is 30.3 Å². The highest BCUT2D eigenvalue weighted by atomic mass is 19.4. The maximum Gasteiger partial charge on any atom is 0.540 e. The lowest BCUT2D eigenvalue weighted by molar-refractivity contribution is -0.356. The van der Waals surface area contributed by atoms with Crippen LogP contribution in [0.3, 0.4) is 0 Å². The highest BCUT2D eigenvalue weighted by Crippen LogP contribution is 2.13. The molecule has 0 saturated carbocycles. The average Bonchev–Trinajstić information content (AvgIpc) is 2.17. The number of alkyl halides is 3. The third kappa shape index (κ3) is 6.05. The van der Waals surface area contributed by atoms with Crippen molar-refractivity contribution < 1.29 is 18.0 Å². The van der Waals surface area contributed by atoms with Crippen molar-refractivity contribution in [3.63, 3.8) is 0 Å². The van der Waals surface area contributed by atoms with Gasteiger partial charge in [0.2, 0.25) is 0 Å². The molecule has 84 valence electrons. The highest BCUT2D eigenvalue weighted by Gasteiger charge is 2.29. The fourth-order valence-corrected chi connectivity index (χ4v) is 0.996. The third-order valence-corrected chi connectivity index (χ3v) is 1.62. The van der Waals surface area contributed by atoms with Crippen molar-refractivity contribution in [3.05, 3.63) is 35.9 Å². The first-order valence-electron chi connectivity index (χ1n) is 4.34.